The number of alkyl halides is 3. The first-order chi connectivity index (χ1) is 7.87. The van der Waals surface area contributed by atoms with Crippen LogP contribution in [-0.4, -0.2) is 19.3 Å². The van der Waals surface area contributed by atoms with Crippen LogP contribution in [0.1, 0.15) is 18.1 Å². The van der Waals surface area contributed by atoms with Crippen LogP contribution < -0.4 is 10.6 Å². The summed E-state index contributed by atoms with van der Waals surface area (Å²) in [6.45, 7) is 3.19. The lowest BCUT2D eigenvalue weighted by atomic mass is 10.1. The molecular weight excluding hydrogens is 229 g/mol. The lowest BCUT2D eigenvalue weighted by molar-refractivity contribution is -0.119. The van der Waals surface area contributed by atoms with Crippen molar-refractivity contribution in [2.75, 3.05) is 18.0 Å². The summed E-state index contributed by atoms with van der Waals surface area (Å²) in [5.74, 6) is 0. The van der Waals surface area contributed by atoms with E-state index in [-0.39, 0.29) is 6.54 Å². The molecule has 0 bridgehead atoms. The molecule has 5 heteroatoms. The predicted octanol–water partition coefficient (Wildman–Crippen LogP) is 2.84. The third-order valence-electron chi connectivity index (χ3n) is 2.55. The molecule has 0 aliphatic rings. The fraction of sp³-hybridized carbons (Fsp3) is 0.500. The van der Waals surface area contributed by atoms with Crippen LogP contribution in [0, 0.1) is 6.92 Å². The van der Waals surface area contributed by atoms with Gasteiger partial charge >= 0.3 is 6.18 Å². The number of rotatable bonds is 4. The van der Waals surface area contributed by atoms with E-state index in [0.29, 0.717) is 12.2 Å². The van der Waals surface area contributed by atoms with Gasteiger partial charge in [0.2, 0.25) is 0 Å². The minimum absolute atomic E-state index is 0.241. The van der Waals surface area contributed by atoms with E-state index in [0.717, 1.165) is 11.1 Å². The van der Waals surface area contributed by atoms with Crippen LogP contribution in [0.25, 0.3) is 0 Å². The second-order valence-corrected chi connectivity index (χ2v) is 3.97. The highest BCUT2D eigenvalue weighted by Crippen LogP contribution is 2.25. The van der Waals surface area contributed by atoms with Gasteiger partial charge in [0, 0.05) is 18.8 Å². The zero-order chi connectivity index (χ0) is 13.1. The van der Waals surface area contributed by atoms with Crippen LogP contribution in [0.3, 0.4) is 0 Å². The van der Waals surface area contributed by atoms with Crippen LogP contribution in [0.15, 0.2) is 18.2 Å². The molecule has 0 aromatic heterocycles. The van der Waals surface area contributed by atoms with Gasteiger partial charge in [0.25, 0.3) is 0 Å². The van der Waals surface area contributed by atoms with Crippen molar-refractivity contribution in [2.45, 2.75) is 26.6 Å². The molecule has 2 N–H and O–H groups in total. The molecule has 0 saturated carbocycles. The molecule has 0 aliphatic carbocycles. The number of halogens is 3. The van der Waals surface area contributed by atoms with Crippen molar-refractivity contribution >= 4 is 5.69 Å². The summed E-state index contributed by atoms with van der Waals surface area (Å²) in [4.78, 5) is 1.29. The zero-order valence-electron chi connectivity index (χ0n) is 10.0. The molecule has 0 atom stereocenters. The molecule has 96 valence electrons. The van der Waals surface area contributed by atoms with E-state index in [1.807, 2.05) is 13.0 Å². The Bertz CT molecular complexity index is 375. The molecule has 0 aliphatic heterocycles. The average Bonchev–Trinajstić information content (AvgIpc) is 2.24. The number of benzene rings is 1. The first-order valence-electron chi connectivity index (χ1n) is 5.48. The Balaban J connectivity index is 3.03. The first kappa shape index (κ1) is 13.8. The minimum Gasteiger partial charge on any atom is -0.363 e. The van der Waals surface area contributed by atoms with E-state index in [1.165, 1.54) is 4.90 Å². The summed E-state index contributed by atoms with van der Waals surface area (Å²) < 4.78 is 37.3. The number of anilines is 1. The van der Waals surface area contributed by atoms with Crippen LogP contribution in [0.2, 0.25) is 0 Å². The largest absolute Gasteiger partial charge is 0.405 e. The maximum Gasteiger partial charge on any atom is 0.405 e. The van der Waals surface area contributed by atoms with Gasteiger partial charge in [-0.15, -0.1) is 0 Å². The smallest absolute Gasteiger partial charge is 0.363 e. The van der Waals surface area contributed by atoms with Crippen molar-refractivity contribution in [3.05, 3.63) is 29.3 Å². The number of hydrogen-bond acceptors (Lipinski definition) is 2. The molecule has 0 spiro atoms. The van der Waals surface area contributed by atoms with E-state index < -0.39 is 12.7 Å². The third kappa shape index (κ3) is 3.93. The lowest BCUT2D eigenvalue weighted by Gasteiger charge is -2.26. The SMILES string of the molecule is CCN(CC(F)(F)F)c1ccc(C)cc1CN. The summed E-state index contributed by atoms with van der Waals surface area (Å²) in [6.07, 6.45) is -4.20. The minimum atomic E-state index is -4.20. The van der Waals surface area contributed by atoms with E-state index in [2.05, 4.69) is 0 Å². The summed E-state index contributed by atoms with van der Waals surface area (Å²) in [7, 11) is 0. The van der Waals surface area contributed by atoms with E-state index in [9.17, 15) is 13.2 Å². The second kappa shape index (κ2) is 5.40. The van der Waals surface area contributed by atoms with E-state index in [1.54, 1.807) is 19.1 Å². The molecule has 1 aromatic carbocycles. The van der Waals surface area contributed by atoms with Crippen LogP contribution >= 0.6 is 0 Å². The van der Waals surface area contributed by atoms with Crippen molar-refractivity contribution in [2.24, 2.45) is 5.73 Å². The van der Waals surface area contributed by atoms with Gasteiger partial charge in [-0.05, 0) is 25.5 Å². The Morgan fingerprint density at radius 2 is 1.94 bits per heavy atom. The Labute approximate surface area is 99.2 Å². The molecule has 1 rings (SSSR count). The molecule has 17 heavy (non-hydrogen) atoms. The number of aryl methyl sites for hydroxylation is 1. The van der Waals surface area contributed by atoms with E-state index in [4.69, 9.17) is 5.73 Å². The van der Waals surface area contributed by atoms with Crippen molar-refractivity contribution in [1.29, 1.82) is 0 Å². The summed E-state index contributed by atoms with van der Waals surface area (Å²) >= 11 is 0. The molecular formula is C12H17F3N2. The Kier molecular flexibility index (Phi) is 4.40. The van der Waals surface area contributed by atoms with Crippen LogP contribution in [0.5, 0.6) is 0 Å². The summed E-state index contributed by atoms with van der Waals surface area (Å²) in [5.41, 5.74) is 7.88. The normalized spacial score (nSPS) is 11.6. The maximum atomic E-state index is 12.4. The number of nitrogens with zero attached hydrogens (tertiary/aromatic N) is 1. The fourth-order valence-corrected chi connectivity index (χ4v) is 1.77. The lowest BCUT2D eigenvalue weighted by Crippen LogP contribution is -2.34. The zero-order valence-corrected chi connectivity index (χ0v) is 10.0. The summed E-state index contributed by atoms with van der Waals surface area (Å²) in [5, 5.41) is 0. The van der Waals surface area contributed by atoms with Gasteiger partial charge in [0.05, 0.1) is 0 Å². The molecule has 0 amide bonds. The quantitative estimate of drug-likeness (QED) is 0.885. The summed E-state index contributed by atoms with van der Waals surface area (Å²) in [6, 6.07) is 5.33. The van der Waals surface area contributed by atoms with Gasteiger partial charge in [0.1, 0.15) is 6.54 Å². The van der Waals surface area contributed by atoms with Gasteiger partial charge in [0.15, 0.2) is 0 Å². The maximum absolute atomic E-state index is 12.4. The molecule has 0 saturated heterocycles. The molecule has 0 heterocycles. The molecule has 0 radical (unpaired) electrons. The Hall–Kier alpha value is -1.23. The molecule has 0 fully saturated rings. The predicted molar refractivity (Wildman–Crippen MR) is 63.0 cm³/mol. The van der Waals surface area contributed by atoms with Crippen LogP contribution in [-0.2, 0) is 6.54 Å². The van der Waals surface area contributed by atoms with Crippen molar-refractivity contribution in [3.8, 4) is 0 Å². The molecule has 0 unspecified atom stereocenters. The third-order valence-corrected chi connectivity index (χ3v) is 2.55. The highest BCUT2D eigenvalue weighted by atomic mass is 19.4. The fourth-order valence-electron chi connectivity index (χ4n) is 1.77. The van der Waals surface area contributed by atoms with Gasteiger partial charge in [-0.3, -0.25) is 0 Å². The highest BCUT2D eigenvalue weighted by molar-refractivity contribution is 5.55. The van der Waals surface area contributed by atoms with Gasteiger partial charge in [-0.25, -0.2) is 0 Å². The van der Waals surface area contributed by atoms with Gasteiger partial charge in [-0.1, -0.05) is 17.7 Å². The van der Waals surface area contributed by atoms with Crippen LogP contribution in [0.4, 0.5) is 18.9 Å². The topological polar surface area (TPSA) is 29.3 Å². The molecule has 1 aromatic rings. The second-order valence-electron chi connectivity index (χ2n) is 3.97. The molecule has 2 nitrogen and oxygen atoms in total. The number of hydrogen-bond donors (Lipinski definition) is 1. The van der Waals surface area contributed by atoms with Gasteiger partial charge in [-0.2, -0.15) is 13.2 Å². The first-order valence-corrected chi connectivity index (χ1v) is 5.48. The number of nitrogens with two attached hydrogens (primary N) is 1. The van der Waals surface area contributed by atoms with Crippen molar-refractivity contribution < 1.29 is 13.2 Å². The van der Waals surface area contributed by atoms with Crippen molar-refractivity contribution in [3.63, 3.8) is 0 Å². The highest BCUT2D eigenvalue weighted by Gasteiger charge is 2.30. The average molecular weight is 246 g/mol. The standard InChI is InChI=1S/C12H17F3N2/c1-3-17(8-12(13,14)15)11-5-4-9(2)6-10(11)7-16/h4-6H,3,7-8,16H2,1-2H3. The van der Waals surface area contributed by atoms with E-state index >= 15 is 0 Å². The van der Waals surface area contributed by atoms with Gasteiger partial charge < -0.3 is 10.6 Å². The Morgan fingerprint density at radius 1 is 1.29 bits per heavy atom. The van der Waals surface area contributed by atoms with Crippen molar-refractivity contribution in [1.82, 2.24) is 0 Å². The Morgan fingerprint density at radius 3 is 2.41 bits per heavy atom. The monoisotopic (exact) mass is 246 g/mol.